The number of fused-ring (bicyclic) bond motifs is 1. The highest BCUT2D eigenvalue weighted by Gasteiger charge is 2.21. The smallest absolute Gasteiger partial charge is 0.257 e. The van der Waals surface area contributed by atoms with E-state index < -0.39 is 11.3 Å². The van der Waals surface area contributed by atoms with Crippen LogP contribution in [-0.2, 0) is 6.54 Å². The van der Waals surface area contributed by atoms with Crippen molar-refractivity contribution in [2.75, 3.05) is 0 Å². The lowest BCUT2D eigenvalue weighted by Crippen LogP contribution is -2.29. The fourth-order valence-electron chi connectivity index (χ4n) is 3.77. The number of benzene rings is 1. The molecule has 2 N–H and O–H groups in total. The van der Waals surface area contributed by atoms with Crippen molar-refractivity contribution in [1.82, 2.24) is 25.3 Å². The maximum atomic E-state index is 13.3. The van der Waals surface area contributed by atoms with Crippen molar-refractivity contribution in [3.05, 3.63) is 98.8 Å². The summed E-state index contributed by atoms with van der Waals surface area (Å²) in [6.07, 6.45) is 1.35. The van der Waals surface area contributed by atoms with Crippen LogP contribution in [-0.4, -0.2) is 25.8 Å². The van der Waals surface area contributed by atoms with Gasteiger partial charge in [-0.15, -0.1) is 0 Å². The zero-order valence-electron chi connectivity index (χ0n) is 18.9. The van der Waals surface area contributed by atoms with E-state index in [4.69, 9.17) is 16.0 Å². The van der Waals surface area contributed by atoms with E-state index in [2.05, 4.69) is 25.3 Å². The van der Waals surface area contributed by atoms with Crippen LogP contribution < -0.4 is 10.7 Å². The molecule has 5 rings (SSSR count). The molecule has 0 aliphatic carbocycles. The van der Waals surface area contributed by atoms with Gasteiger partial charge in [-0.3, -0.25) is 9.59 Å². The van der Waals surface area contributed by atoms with Gasteiger partial charge >= 0.3 is 0 Å². The minimum Gasteiger partial charge on any atom is -0.460 e. The zero-order valence-corrected chi connectivity index (χ0v) is 19.7. The van der Waals surface area contributed by atoms with Crippen LogP contribution in [0.25, 0.3) is 33.9 Å². The minimum absolute atomic E-state index is 0.0324. The quantitative estimate of drug-likeness (QED) is 0.344. The summed E-state index contributed by atoms with van der Waals surface area (Å²) in [6, 6.07) is 16.5. The molecular formula is C26H20ClN5O3. The average Bonchev–Trinajstić information content (AvgIpc) is 3.28. The molecule has 0 radical (unpaired) electrons. The highest BCUT2D eigenvalue weighted by Crippen LogP contribution is 2.32. The minimum atomic E-state index is -0.530. The lowest BCUT2D eigenvalue weighted by atomic mass is 10.1. The molecule has 8 nitrogen and oxygen atoms in total. The van der Waals surface area contributed by atoms with Crippen LogP contribution in [0.5, 0.6) is 0 Å². The molecule has 9 heteroatoms. The molecule has 35 heavy (non-hydrogen) atoms. The summed E-state index contributed by atoms with van der Waals surface area (Å²) in [4.78, 5) is 42.5. The summed E-state index contributed by atoms with van der Waals surface area (Å²) in [6.45, 7) is 3.93. The molecule has 5 aromatic rings. The van der Waals surface area contributed by atoms with E-state index in [1.54, 1.807) is 18.2 Å². The summed E-state index contributed by atoms with van der Waals surface area (Å²) in [5.74, 6) is 0.688. The van der Waals surface area contributed by atoms with Crippen LogP contribution in [0.1, 0.15) is 27.4 Å². The Balaban J connectivity index is 1.63. The van der Waals surface area contributed by atoms with Crippen LogP contribution in [0.15, 0.2) is 70.0 Å². The highest BCUT2D eigenvalue weighted by atomic mass is 35.5. The van der Waals surface area contributed by atoms with Crippen LogP contribution in [0, 0.1) is 13.8 Å². The third-order valence-electron chi connectivity index (χ3n) is 5.42. The van der Waals surface area contributed by atoms with Gasteiger partial charge in [-0.2, -0.15) is 0 Å². The molecular weight excluding hydrogens is 466 g/mol. The van der Waals surface area contributed by atoms with E-state index in [0.29, 0.717) is 40.7 Å². The summed E-state index contributed by atoms with van der Waals surface area (Å²) in [5, 5.41) is 3.06. The standard InChI is InChI=1S/C26H20ClN5O3/c1-14-10-17(11-20(27)30-14)21-22(19-9-8-15(2)35-19)32-25-23(31-21)24(33)18(13-28-25)26(34)29-12-16-6-4-3-5-7-16/h3-11,13H,12H2,1-2H3,(H,29,34)(H,28,32,33). The Hall–Kier alpha value is -4.30. The van der Waals surface area contributed by atoms with E-state index in [0.717, 1.165) is 5.56 Å². The van der Waals surface area contributed by atoms with Crippen molar-refractivity contribution in [3.63, 3.8) is 0 Å². The average molecular weight is 486 g/mol. The number of carbonyl (C=O) groups excluding carboxylic acids is 1. The molecule has 0 aliphatic heterocycles. The fourth-order valence-corrected chi connectivity index (χ4v) is 4.02. The fraction of sp³-hybridized carbons (Fsp3) is 0.115. The number of carbonyl (C=O) groups is 1. The number of H-pyrrole nitrogens is 1. The number of nitrogens with zero attached hydrogens (tertiary/aromatic N) is 3. The van der Waals surface area contributed by atoms with E-state index in [-0.39, 0.29) is 21.9 Å². The van der Waals surface area contributed by atoms with Crippen molar-refractivity contribution < 1.29 is 9.21 Å². The zero-order chi connectivity index (χ0) is 24.5. The van der Waals surface area contributed by atoms with E-state index in [1.807, 2.05) is 50.2 Å². The largest absolute Gasteiger partial charge is 0.460 e. The molecule has 0 bridgehead atoms. The Morgan fingerprint density at radius 1 is 1.03 bits per heavy atom. The number of hydrogen-bond acceptors (Lipinski definition) is 6. The Labute approximate surface area is 205 Å². The molecule has 4 aromatic heterocycles. The SMILES string of the molecule is Cc1cc(-c2nc3c(=O)c(C(=O)NCc4ccccc4)c[nH]c3nc2-c2ccc(C)o2)cc(Cl)n1. The predicted molar refractivity (Wildman–Crippen MR) is 133 cm³/mol. The number of nitrogens with one attached hydrogen (secondary N) is 2. The van der Waals surface area contributed by atoms with Gasteiger partial charge in [0.1, 0.15) is 27.9 Å². The van der Waals surface area contributed by atoms with Crippen molar-refractivity contribution in [1.29, 1.82) is 0 Å². The maximum absolute atomic E-state index is 13.3. The lowest BCUT2D eigenvalue weighted by molar-refractivity contribution is 0.0949. The Bertz CT molecular complexity index is 1610. The van der Waals surface area contributed by atoms with Crippen LogP contribution >= 0.6 is 11.6 Å². The number of aromatic nitrogens is 4. The third-order valence-corrected chi connectivity index (χ3v) is 5.61. The second kappa shape index (κ2) is 9.15. The first-order chi connectivity index (χ1) is 16.9. The van der Waals surface area contributed by atoms with Gasteiger partial charge in [-0.25, -0.2) is 15.0 Å². The Morgan fingerprint density at radius 2 is 1.83 bits per heavy atom. The maximum Gasteiger partial charge on any atom is 0.257 e. The third kappa shape index (κ3) is 4.56. The van der Waals surface area contributed by atoms with Crippen LogP contribution in [0.3, 0.4) is 0 Å². The molecule has 0 saturated heterocycles. The number of aromatic amines is 1. The predicted octanol–water partition coefficient (Wildman–Crippen LogP) is 4.84. The van der Waals surface area contributed by atoms with Gasteiger partial charge in [0, 0.05) is 24.0 Å². The van der Waals surface area contributed by atoms with E-state index >= 15 is 0 Å². The number of pyridine rings is 2. The highest BCUT2D eigenvalue weighted by molar-refractivity contribution is 6.29. The molecule has 174 valence electrons. The van der Waals surface area contributed by atoms with Gasteiger partial charge in [0.2, 0.25) is 5.43 Å². The number of furan rings is 1. The Morgan fingerprint density at radius 3 is 2.54 bits per heavy atom. The summed E-state index contributed by atoms with van der Waals surface area (Å²) in [5.41, 5.74) is 2.73. The molecule has 1 aromatic carbocycles. The van der Waals surface area contributed by atoms with Gasteiger partial charge in [-0.05, 0) is 43.7 Å². The monoisotopic (exact) mass is 485 g/mol. The van der Waals surface area contributed by atoms with Gasteiger partial charge in [0.05, 0.1) is 0 Å². The normalized spacial score (nSPS) is 11.1. The van der Waals surface area contributed by atoms with Crippen molar-refractivity contribution in [3.8, 4) is 22.7 Å². The summed E-state index contributed by atoms with van der Waals surface area (Å²) < 4.78 is 5.80. The molecule has 0 saturated carbocycles. The second-order valence-electron chi connectivity index (χ2n) is 8.05. The number of aryl methyl sites for hydroxylation is 2. The topological polar surface area (TPSA) is 114 Å². The first kappa shape index (κ1) is 22.5. The number of rotatable bonds is 5. The number of halogens is 1. The number of hydrogen-bond donors (Lipinski definition) is 2. The van der Waals surface area contributed by atoms with Gasteiger partial charge in [0.25, 0.3) is 5.91 Å². The van der Waals surface area contributed by atoms with Gasteiger partial charge in [0.15, 0.2) is 16.9 Å². The van der Waals surface area contributed by atoms with Crippen LogP contribution in [0.2, 0.25) is 5.15 Å². The second-order valence-corrected chi connectivity index (χ2v) is 8.44. The summed E-state index contributed by atoms with van der Waals surface area (Å²) >= 11 is 6.20. The van der Waals surface area contributed by atoms with Crippen molar-refractivity contribution in [2.24, 2.45) is 0 Å². The molecule has 4 heterocycles. The van der Waals surface area contributed by atoms with Crippen molar-refractivity contribution in [2.45, 2.75) is 20.4 Å². The van der Waals surface area contributed by atoms with E-state index in [1.165, 1.54) is 6.20 Å². The summed E-state index contributed by atoms with van der Waals surface area (Å²) in [7, 11) is 0. The molecule has 1 amide bonds. The number of amides is 1. The first-order valence-corrected chi connectivity index (χ1v) is 11.2. The molecule has 0 atom stereocenters. The molecule has 0 aliphatic rings. The Kier molecular flexibility index (Phi) is 5.88. The van der Waals surface area contributed by atoms with Gasteiger partial charge < -0.3 is 14.7 Å². The molecule has 0 unspecified atom stereocenters. The first-order valence-electron chi connectivity index (χ1n) is 10.9. The van der Waals surface area contributed by atoms with Crippen molar-refractivity contribution >= 4 is 28.7 Å². The van der Waals surface area contributed by atoms with E-state index in [9.17, 15) is 9.59 Å². The van der Waals surface area contributed by atoms with Crippen LogP contribution in [0.4, 0.5) is 0 Å². The molecule has 0 fully saturated rings. The van der Waals surface area contributed by atoms with Gasteiger partial charge in [-0.1, -0.05) is 41.9 Å². The molecule has 0 spiro atoms. The lowest BCUT2D eigenvalue weighted by Gasteiger charge is -2.10.